The van der Waals surface area contributed by atoms with Crippen LogP contribution in [0.25, 0.3) is 10.8 Å². The fourth-order valence-corrected chi connectivity index (χ4v) is 3.40. The van der Waals surface area contributed by atoms with E-state index in [9.17, 15) is 4.79 Å². The highest BCUT2D eigenvalue weighted by Crippen LogP contribution is 2.29. The van der Waals surface area contributed by atoms with Crippen LogP contribution in [0.3, 0.4) is 0 Å². The highest BCUT2D eigenvalue weighted by molar-refractivity contribution is 7.15. The van der Waals surface area contributed by atoms with Crippen molar-refractivity contribution in [3.05, 3.63) is 70.9 Å². The number of thiazole rings is 1. The maximum atomic E-state index is 12.4. The summed E-state index contributed by atoms with van der Waals surface area (Å²) in [4.78, 5) is 17.5. The third kappa shape index (κ3) is 3.91. The van der Waals surface area contributed by atoms with Gasteiger partial charge in [0.25, 0.3) is 11.8 Å². The van der Waals surface area contributed by atoms with Gasteiger partial charge in [-0.1, -0.05) is 23.3 Å². The van der Waals surface area contributed by atoms with Crippen molar-refractivity contribution in [1.29, 1.82) is 0 Å². The van der Waals surface area contributed by atoms with Gasteiger partial charge < -0.3 is 9.15 Å². The molecule has 2 heterocycles. The minimum absolute atomic E-state index is 0.0371. The van der Waals surface area contributed by atoms with Crippen LogP contribution in [0, 0.1) is 13.8 Å². The molecule has 0 aliphatic carbocycles. The number of aryl methyl sites for hydroxylation is 2. The Bertz CT molecular complexity index is 1100. The Hall–Kier alpha value is -3.52. The van der Waals surface area contributed by atoms with E-state index < -0.39 is 0 Å². The van der Waals surface area contributed by atoms with Crippen molar-refractivity contribution in [2.45, 2.75) is 13.8 Å². The summed E-state index contributed by atoms with van der Waals surface area (Å²) in [6.07, 6.45) is 0. The summed E-state index contributed by atoms with van der Waals surface area (Å²) in [6.45, 7) is 3.78. The third-order valence-electron chi connectivity index (χ3n) is 3.84. The lowest BCUT2D eigenvalue weighted by Crippen LogP contribution is -2.11. The maximum Gasteiger partial charge on any atom is 0.322 e. The number of para-hydroxylation sites is 1. The van der Waals surface area contributed by atoms with Crippen molar-refractivity contribution in [3.63, 3.8) is 0 Å². The van der Waals surface area contributed by atoms with Gasteiger partial charge in [-0.25, -0.2) is 4.98 Å². The van der Waals surface area contributed by atoms with Crippen LogP contribution in [0.4, 0.5) is 6.01 Å². The summed E-state index contributed by atoms with van der Waals surface area (Å²) in [5.74, 6) is 1.36. The summed E-state index contributed by atoms with van der Waals surface area (Å²) in [5, 5.41) is 11.4. The SMILES string of the molecule is Cc1nc(C)c(-c2nnc(NC(=O)c3ccc(Oc4ccccc4)cc3)o2)s1. The number of benzene rings is 2. The van der Waals surface area contributed by atoms with Gasteiger partial charge >= 0.3 is 6.01 Å². The topological polar surface area (TPSA) is 90.1 Å². The minimum Gasteiger partial charge on any atom is -0.457 e. The second-order valence-electron chi connectivity index (χ2n) is 5.95. The van der Waals surface area contributed by atoms with Crippen LogP contribution in [0.1, 0.15) is 21.1 Å². The fraction of sp³-hybridized carbons (Fsp3) is 0.100. The second-order valence-corrected chi connectivity index (χ2v) is 7.16. The van der Waals surface area contributed by atoms with Gasteiger partial charge in [-0.15, -0.1) is 16.4 Å². The van der Waals surface area contributed by atoms with Gasteiger partial charge in [0.15, 0.2) is 0 Å². The van der Waals surface area contributed by atoms with Crippen molar-refractivity contribution >= 4 is 23.3 Å². The molecule has 7 nitrogen and oxygen atoms in total. The average Bonchev–Trinajstić information content (AvgIpc) is 3.28. The van der Waals surface area contributed by atoms with E-state index in [-0.39, 0.29) is 11.9 Å². The van der Waals surface area contributed by atoms with E-state index in [4.69, 9.17) is 9.15 Å². The summed E-state index contributed by atoms with van der Waals surface area (Å²) in [6, 6.07) is 16.3. The molecule has 140 valence electrons. The molecule has 1 amide bonds. The molecule has 4 aromatic rings. The first-order valence-corrected chi connectivity index (χ1v) is 9.32. The van der Waals surface area contributed by atoms with E-state index in [0.29, 0.717) is 17.2 Å². The Morgan fingerprint density at radius 2 is 1.71 bits per heavy atom. The zero-order valence-electron chi connectivity index (χ0n) is 15.2. The van der Waals surface area contributed by atoms with E-state index >= 15 is 0 Å². The fourth-order valence-electron chi connectivity index (χ4n) is 2.56. The van der Waals surface area contributed by atoms with Crippen LogP contribution in [-0.4, -0.2) is 21.1 Å². The monoisotopic (exact) mass is 392 g/mol. The number of amides is 1. The predicted octanol–water partition coefficient (Wildman–Crippen LogP) is 4.85. The van der Waals surface area contributed by atoms with E-state index in [2.05, 4.69) is 20.5 Å². The Morgan fingerprint density at radius 1 is 1.00 bits per heavy atom. The van der Waals surface area contributed by atoms with Gasteiger partial charge in [-0.2, -0.15) is 0 Å². The largest absolute Gasteiger partial charge is 0.457 e. The highest BCUT2D eigenvalue weighted by Gasteiger charge is 2.16. The van der Waals surface area contributed by atoms with Crippen LogP contribution in [-0.2, 0) is 0 Å². The van der Waals surface area contributed by atoms with Gasteiger partial charge in [-0.05, 0) is 50.2 Å². The molecule has 0 unspecified atom stereocenters. The lowest BCUT2D eigenvalue weighted by Gasteiger charge is -2.06. The average molecular weight is 392 g/mol. The van der Waals surface area contributed by atoms with E-state index in [1.165, 1.54) is 11.3 Å². The number of rotatable bonds is 5. The molecule has 0 aliphatic rings. The van der Waals surface area contributed by atoms with Crippen LogP contribution < -0.4 is 10.1 Å². The molecule has 1 N–H and O–H groups in total. The number of nitrogens with one attached hydrogen (secondary N) is 1. The summed E-state index contributed by atoms with van der Waals surface area (Å²) >= 11 is 1.46. The van der Waals surface area contributed by atoms with Crippen molar-refractivity contribution in [2.75, 3.05) is 5.32 Å². The van der Waals surface area contributed by atoms with Gasteiger partial charge in [0.05, 0.1) is 10.7 Å². The molecule has 0 fully saturated rings. The zero-order valence-corrected chi connectivity index (χ0v) is 16.0. The van der Waals surface area contributed by atoms with Gasteiger partial charge in [0.1, 0.15) is 16.4 Å². The minimum atomic E-state index is -0.348. The molecule has 0 saturated carbocycles. The van der Waals surface area contributed by atoms with E-state index in [1.54, 1.807) is 24.3 Å². The maximum absolute atomic E-state index is 12.4. The first kappa shape index (κ1) is 17.9. The number of hydrogen-bond acceptors (Lipinski definition) is 7. The number of hydrogen-bond donors (Lipinski definition) is 1. The van der Waals surface area contributed by atoms with Crippen molar-refractivity contribution < 1.29 is 13.9 Å². The molecule has 0 radical (unpaired) electrons. The summed E-state index contributed by atoms with van der Waals surface area (Å²) in [7, 11) is 0. The highest BCUT2D eigenvalue weighted by atomic mass is 32.1. The van der Waals surface area contributed by atoms with Gasteiger partial charge in [0.2, 0.25) is 0 Å². The van der Waals surface area contributed by atoms with Crippen LogP contribution in [0.2, 0.25) is 0 Å². The van der Waals surface area contributed by atoms with Crippen molar-refractivity contribution in [3.8, 4) is 22.3 Å². The first-order valence-electron chi connectivity index (χ1n) is 8.51. The number of aromatic nitrogens is 3. The molecule has 0 spiro atoms. The second kappa shape index (κ2) is 7.61. The summed E-state index contributed by atoms with van der Waals surface area (Å²) < 4.78 is 11.3. The summed E-state index contributed by atoms with van der Waals surface area (Å²) in [5.41, 5.74) is 1.27. The Balaban J connectivity index is 1.43. The number of carbonyl (C=O) groups is 1. The lowest BCUT2D eigenvalue weighted by molar-refractivity contribution is 0.102. The molecule has 4 rings (SSSR count). The zero-order chi connectivity index (χ0) is 19.5. The molecule has 0 atom stereocenters. The number of nitrogens with zero attached hydrogens (tertiary/aromatic N) is 3. The molecule has 0 bridgehead atoms. The molecule has 2 aromatic carbocycles. The number of carbonyl (C=O) groups excluding carboxylic acids is 1. The molecule has 28 heavy (non-hydrogen) atoms. The molecule has 0 aliphatic heterocycles. The van der Waals surface area contributed by atoms with Crippen LogP contribution >= 0.6 is 11.3 Å². The molecule has 2 aromatic heterocycles. The van der Waals surface area contributed by atoms with Crippen LogP contribution in [0.5, 0.6) is 11.5 Å². The molecule has 8 heteroatoms. The van der Waals surface area contributed by atoms with Crippen LogP contribution in [0.15, 0.2) is 59.0 Å². The molecule has 0 saturated heterocycles. The Labute approximate surface area is 165 Å². The van der Waals surface area contributed by atoms with E-state index in [0.717, 1.165) is 21.3 Å². The van der Waals surface area contributed by atoms with Crippen molar-refractivity contribution in [1.82, 2.24) is 15.2 Å². The first-order chi connectivity index (χ1) is 13.6. The van der Waals surface area contributed by atoms with Gasteiger partial charge in [-0.3, -0.25) is 10.1 Å². The van der Waals surface area contributed by atoms with E-state index in [1.807, 2.05) is 44.2 Å². The lowest BCUT2D eigenvalue weighted by atomic mass is 10.2. The van der Waals surface area contributed by atoms with Gasteiger partial charge in [0, 0.05) is 5.56 Å². The normalized spacial score (nSPS) is 10.6. The molecular weight excluding hydrogens is 376 g/mol. The smallest absolute Gasteiger partial charge is 0.322 e. The predicted molar refractivity (Wildman–Crippen MR) is 106 cm³/mol. The standard InChI is InChI=1S/C20H16N4O3S/c1-12-17(28-13(2)21-12)19-23-24-20(27-19)22-18(25)14-8-10-16(11-9-14)26-15-6-4-3-5-7-15/h3-11H,1-2H3,(H,22,24,25). The third-order valence-corrected chi connectivity index (χ3v) is 4.90. The van der Waals surface area contributed by atoms with Crippen molar-refractivity contribution in [2.24, 2.45) is 0 Å². The Kier molecular flexibility index (Phi) is 4.86. The molecular formula is C20H16N4O3S. The quantitative estimate of drug-likeness (QED) is 0.522. The number of ether oxygens (including phenoxy) is 1. The Morgan fingerprint density at radius 3 is 2.39 bits per heavy atom. The number of anilines is 1.